The summed E-state index contributed by atoms with van der Waals surface area (Å²) >= 11 is 0. The minimum Gasteiger partial charge on any atom is -0.354 e. The summed E-state index contributed by atoms with van der Waals surface area (Å²) in [5, 5.41) is 22.4. The van der Waals surface area contributed by atoms with Gasteiger partial charge in [-0.1, -0.05) is 0 Å². The molecule has 1 aromatic carbocycles. The van der Waals surface area contributed by atoms with Crippen molar-refractivity contribution in [3.8, 4) is 5.69 Å². The zero-order valence-electron chi connectivity index (χ0n) is 15.0. The van der Waals surface area contributed by atoms with Gasteiger partial charge in [0.05, 0.1) is 17.3 Å². The maximum atomic E-state index is 12.7. The van der Waals surface area contributed by atoms with Crippen molar-refractivity contribution in [2.24, 2.45) is 5.92 Å². The molecule has 0 saturated carbocycles. The number of carbonyl (C=O) groups excluding carboxylic acids is 1. The van der Waals surface area contributed by atoms with Crippen LogP contribution in [-0.4, -0.2) is 49.4 Å². The van der Waals surface area contributed by atoms with Crippen molar-refractivity contribution < 1.29 is 4.79 Å². The number of carbonyl (C=O) groups is 1. The van der Waals surface area contributed by atoms with E-state index in [1.54, 1.807) is 4.68 Å². The van der Waals surface area contributed by atoms with Gasteiger partial charge in [0, 0.05) is 18.8 Å². The standard InChI is InChI=1S/C18H20N8O/c1-13-4-9-17(22-21-13)25-10-2-3-14(11-25)18(27)20-15-5-7-16(8-6-15)26-12-19-23-24-26/h4-9,12,14H,2-3,10-11H2,1H3,(H,20,27). The number of nitrogens with zero attached hydrogens (tertiary/aromatic N) is 7. The van der Waals surface area contributed by atoms with E-state index in [9.17, 15) is 4.79 Å². The van der Waals surface area contributed by atoms with Gasteiger partial charge in [-0.3, -0.25) is 4.79 Å². The molecule has 1 atom stereocenters. The second-order valence-electron chi connectivity index (χ2n) is 6.61. The molecule has 1 N–H and O–H groups in total. The van der Waals surface area contributed by atoms with Crippen LogP contribution in [0.1, 0.15) is 18.5 Å². The number of piperidine rings is 1. The van der Waals surface area contributed by atoms with Crippen molar-refractivity contribution in [2.45, 2.75) is 19.8 Å². The summed E-state index contributed by atoms with van der Waals surface area (Å²) in [6, 6.07) is 11.3. The largest absolute Gasteiger partial charge is 0.354 e. The highest BCUT2D eigenvalue weighted by atomic mass is 16.1. The first-order valence-corrected chi connectivity index (χ1v) is 8.88. The third-order valence-corrected chi connectivity index (χ3v) is 4.65. The van der Waals surface area contributed by atoms with Gasteiger partial charge in [-0.25, -0.2) is 4.68 Å². The van der Waals surface area contributed by atoms with E-state index in [1.165, 1.54) is 6.33 Å². The van der Waals surface area contributed by atoms with Crippen molar-refractivity contribution in [3.63, 3.8) is 0 Å². The van der Waals surface area contributed by atoms with Crippen molar-refractivity contribution in [1.29, 1.82) is 0 Å². The number of tetrazole rings is 1. The van der Waals surface area contributed by atoms with Crippen LogP contribution in [0.25, 0.3) is 5.69 Å². The molecule has 1 amide bonds. The van der Waals surface area contributed by atoms with Gasteiger partial charge in [-0.05, 0) is 66.6 Å². The molecule has 1 saturated heterocycles. The molecule has 1 aliphatic rings. The highest BCUT2D eigenvalue weighted by Gasteiger charge is 2.26. The number of hydrogen-bond acceptors (Lipinski definition) is 7. The van der Waals surface area contributed by atoms with Gasteiger partial charge in [0.25, 0.3) is 0 Å². The Hall–Kier alpha value is -3.36. The van der Waals surface area contributed by atoms with E-state index >= 15 is 0 Å². The lowest BCUT2D eigenvalue weighted by atomic mass is 9.97. The highest BCUT2D eigenvalue weighted by molar-refractivity contribution is 5.93. The molecule has 0 aliphatic carbocycles. The summed E-state index contributed by atoms with van der Waals surface area (Å²) in [4.78, 5) is 14.8. The first-order chi connectivity index (χ1) is 13.2. The first kappa shape index (κ1) is 17.1. The predicted molar refractivity (Wildman–Crippen MR) is 99.5 cm³/mol. The molecule has 3 heterocycles. The van der Waals surface area contributed by atoms with Crippen molar-refractivity contribution in [2.75, 3.05) is 23.3 Å². The lowest BCUT2D eigenvalue weighted by molar-refractivity contribution is -0.120. The van der Waals surface area contributed by atoms with Crippen LogP contribution in [0.4, 0.5) is 11.5 Å². The van der Waals surface area contributed by atoms with E-state index < -0.39 is 0 Å². The topological polar surface area (TPSA) is 102 Å². The zero-order valence-corrected chi connectivity index (χ0v) is 15.0. The number of benzene rings is 1. The molecule has 9 heteroatoms. The summed E-state index contributed by atoms with van der Waals surface area (Å²) in [5.74, 6) is 0.764. The van der Waals surface area contributed by atoms with Crippen LogP contribution in [0.2, 0.25) is 0 Å². The summed E-state index contributed by atoms with van der Waals surface area (Å²) in [5.41, 5.74) is 2.47. The molecule has 2 aromatic heterocycles. The molecule has 1 fully saturated rings. The zero-order chi connectivity index (χ0) is 18.6. The minimum absolute atomic E-state index is 0.0231. The third kappa shape index (κ3) is 3.91. The van der Waals surface area contributed by atoms with Crippen LogP contribution in [0.3, 0.4) is 0 Å². The fourth-order valence-electron chi connectivity index (χ4n) is 3.18. The van der Waals surface area contributed by atoms with Gasteiger partial charge in [0.1, 0.15) is 6.33 Å². The van der Waals surface area contributed by atoms with E-state index in [4.69, 9.17) is 0 Å². The summed E-state index contributed by atoms with van der Waals surface area (Å²) in [6.07, 6.45) is 3.34. The van der Waals surface area contributed by atoms with Crippen LogP contribution in [-0.2, 0) is 4.79 Å². The average Bonchev–Trinajstić information content (AvgIpc) is 3.24. The Bertz CT molecular complexity index is 892. The molecule has 3 aromatic rings. The number of aromatic nitrogens is 6. The molecule has 0 radical (unpaired) electrons. The van der Waals surface area contributed by atoms with Crippen LogP contribution >= 0.6 is 0 Å². The normalized spacial score (nSPS) is 16.9. The molecular weight excluding hydrogens is 344 g/mol. The van der Waals surface area contributed by atoms with E-state index in [2.05, 4.69) is 35.9 Å². The number of aryl methyl sites for hydroxylation is 1. The van der Waals surface area contributed by atoms with Crippen LogP contribution < -0.4 is 10.2 Å². The minimum atomic E-state index is -0.0824. The van der Waals surface area contributed by atoms with Crippen LogP contribution in [0.15, 0.2) is 42.7 Å². The van der Waals surface area contributed by atoms with Crippen molar-refractivity contribution in [1.82, 2.24) is 30.4 Å². The van der Waals surface area contributed by atoms with Gasteiger partial charge in [-0.2, -0.15) is 5.10 Å². The third-order valence-electron chi connectivity index (χ3n) is 4.65. The molecule has 4 rings (SSSR count). The molecule has 1 aliphatic heterocycles. The fraction of sp³-hybridized carbons (Fsp3) is 0.333. The molecular formula is C18H20N8O. The molecule has 138 valence electrons. The highest BCUT2D eigenvalue weighted by Crippen LogP contribution is 2.23. The number of nitrogens with one attached hydrogen (secondary N) is 1. The maximum absolute atomic E-state index is 12.7. The number of amides is 1. The monoisotopic (exact) mass is 364 g/mol. The lowest BCUT2D eigenvalue weighted by Gasteiger charge is -2.32. The second-order valence-corrected chi connectivity index (χ2v) is 6.61. The predicted octanol–water partition coefficient (Wildman–Crippen LogP) is 1.62. The Balaban J connectivity index is 1.39. The molecule has 1 unspecified atom stereocenters. The SMILES string of the molecule is Cc1ccc(N2CCCC(C(=O)Nc3ccc(-n4cnnn4)cc3)C2)nn1. The molecule has 27 heavy (non-hydrogen) atoms. The Labute approximate surface area is 156 Å². The summed E-state index contributed by atoms with van der Waals surface area (Å²) < 4.78 is 1.56. The lowest BCUT2D eigenvalue weighted by Crippen LogP contribution is -2.41. The van der Waals surface area contributed by atoms with Gasteiger partial charge < -0.3 is 10.2 Å². The maximum Gasteiger partial charge on any atom is 0.229 e. The second kappa shape index (κ2) is 7.48. The van der Waals surface area contributed by atoms with E-state index in [1.807, 2.05) is 43.3 Å². The smallest absolute Gasteiger partial charge is 0.229 e. The van der Waals surface area contributed by atoms with Gasteiger partial charge in [0.15, 0.2) is 5.82 Å². The first-order valence-electron chi connectivity index (χ1n) is 8.88. The fourth-order valence-corrected chi connectivity index (χ4v) is 3.18. The quantitative estimate of drug-likeness (QED) is 0.750. The van der Waals surface area contributed by atoms with Gasteiger partial charge in [0.2, 0.25) is 5.91 Å². The molecule has 0 bridgehead atoms. The van der Waals surface area contributed by atoms with Crippen LogP contribution in [0.5, 0.6) is 0 Å². The summed E-state index contributed by atoms with van der Waals surface area (Å²) in [6.45, 7) is 3.45. The van der Waals surface area contributed by atoms with E-state index in [-0.39, 0.29) is 11.8 Å². The van der Waals surface area contributed by atoms with Gasteiger partial charge >= 0.3 is 0 Å². The molecule has 0 spiro atoms. The van der Waals surface area contributed by atoms with E-state index in [0.717, 1.165) is 42.3 Å². The number of hydrogen-bond donors (Lipinski definition) is 1. The van der Waals surface area contributed by atoms with E-state index in [0.29, 0.717) is 6.54 Å². The average molecular weight is 364 g/mol. The Kier molecular flexibility index (Phi) is 4.73. The van der Waals surface area contributed by atoms with Crippen molar-refractivity contribution >= 4 is 17.4 Å². The van der Waals surface area contributed by atoms with Gasteiger partial charge in [-0.15, -0.1) is 10.2 Å². The summed E-state index contributed by atoms with van der Waals surface area (Å²) in [7, 11) is 0. The molecule has 9 nitrogen and oxygen atoms in total. The number of anilines is 2. The Morgan fingerprint density at radius 1 is 1.15 bits per heavy atom. The number of rotatable bonds is 4. The Morgan fingerprint density at radius 3 is 2.70 bits per heavy atom. The Morgan fingerprint density at radius 2 is 2.00 bits per heavy atom. The van der Waals surface area contributed by atoms with Crippen molar-refractivity contribution in [3.05, 3.63) is 48.4 Å². The van der Waals surface area contributed by atoms with Crippen LogP contribution in [0, 0.1) is 12.8 Å².